The Morgan fingerprint density at radius 2 is 2.19 bits per heavy atom. The second kappa shape index (κ2) is 6.62. The van der Waals surface area contributed by atoms with Gasteiger partial charge in [0.1, 0.15) is 0 Å². The van der Waals surface area contributed by atoms with Crippen LogP contribution >= 0.6 is 0 Å². The number of nitrogens with zero attached hydrogens (tertiary/aromatic N) is 2. The summed E-state index contributed by atoms with van der Waals surface area (Å²) in [4.78, 5) is 14.9. The fraction of sp³-hybridized carbons (Fsp3) is 0.357. The molecule has 0 radical (unpaired) electrons. The van der Waals surface area contributed by atoms with E-state index in [9.17, 15) is 14.3 Å². The van der Waals surface area contributed by atoms with Gasteiger partial charge in [-0.15, -0.1) is 0 Å². The number of pyridine rings is 1. The van der Waals surface area contributed by atoms with Gasteiger partial charge in [-0.25, -0.2) is 4.98 Å². The molecule has 1 N–H and O–H groups in total. The van der Waals surface area contributed by atoms with Gasteiger partial charge in [0.2, 0.25) is 0 Å². The SMILES string of the molecule is Cc1cc(NCCCS(C)=O)c2cccc([N+](=O)[O-])c2n1. The van der Waals surface area contributed by atoms with Crippen LogP contribution in [0, 0.1) is 17.0 Å². The molecule has 0 saturated carbocycles. The van der Waals surface area contributed by atoms with Gasteiger partial charge < -0.3 is 5.32 Å². The van der Waals surface area contributed by atoms with Crippen molar-refractivity contribution in [3.05, 3.63) is 40.1 Å². The first-order valence-electron chi connectivity index (χ1n) is 6.57. The number of rotatable bonds is 6. The van der Waals surface area contributed by atoms with Gasteiger partial charge in [0.25, 0.3) is 5.69 Å². The van der Waals surface area contributed by atoms with E-state index in [2.05, 4.69) is 10.3 Å². The summed E-state index contributed by atoms with van der Waals surface area (Å²) in [6.07, 6.45) is 2.45. The molecule has 0 aliphatic heterocycles. The summed E-state index contributed by atoms with van der Waals surface area (Å²) in [7, 11) is -0.806. The highest BCUT2D eigenvalue weighted by Gasteiger charge is 2.15. The Labute approximate surface area is 125 Å². The van der Waals surface area contributed by atoms with Gasteiger partial charge in [0, 0.05) is 52.2 Å². The third-order valence-corrected chi connectivity index (χ3v) is 3.93. The maximum Gasteiger partial charge on any atom is 0.295 e. The average Bonchev–Trinajstić information content (AvgIpc) is 2.42. The Kier molecular flexibility index (Phi) is 4.85. The first-order chi connectivity index (χ1) is 9.99. The fourth-order valence-electron chi connectivity index (χ4n) is 2.15. The highest BCUT2D eigenvalue weighted by Crippen LogP contribution is 2.29. The molecule has 1 atom stereocenters. The zero-order valence-electron chi connectivity index (χ0n) is 12.0. The summed E-state index contributed by atoms with van der Waals surface area (Å²) in [6, 6.07) is 6.80. The molecule has 1 aromatic carbocycles. The minimum atomic E-state index is -0.806. The Bertz CT molecular complexity index is 703. The zero-order valence-corrected chi connectivity index (χ0v) is 12.8. The van der Waals surface area contributed by atoms with Crippen molar-refractivity contribution in [3.63, 3.8) is 0 Å². The van der Waals surface area contributed by atoms with E-state index in [4.69, 9.17) is 0 Å². The summed E-state index contributed by atoms with van der Waals surface area (Å²) in [5.74, 6) is 0.634. The molecular weight excluding hydrogens is 290 g/mol. The van der Waals surface area contributed by atoms with E-state index in [1.54, 1.807) is 12.3 Å². The fourth-order valence-corrected chi connectivity index (χ4v) is 2.70. The van der Waals surface area contributed by atoms with Gasteiger partial charge in [-0.3, -0.25) is 14.3 Å². The smallest absolute Gasteiger partial charge is 0.295 e. The van der Waals surface area contributed by atoms with Crippen LogP contribution in [0.4, 0.5) is 11.4 Å². The number of hydrogen-bond acceptors (Lipinski definition) is 5. The number of hydrogen-bond donors (Lipinski definition) is 1. The number of benzene rings is 1. The summed E-state index contributed by atoms with van der Waals surface area (Å²) in [5.41, 5.74) is 1.94. The van der Waals surface area contributed by atoms with Crippen LogP contribution in [0.1, 0.15) is 12.1 Å². The number of para-hydroxylation sites is 1. The lowest BCUT2D eigenvalue weighted by Crippen LogP contribution is -2.07. The molecule has 0 spiro atoms. The zero-order chi connectivity index (χ0) is 15.4. The van der Waals surface area contributed by atoms with E-state index >= 15 is 0 Å². The first kappa shape index (κ1) is 15.4. The molecule has 2 rings (SSSR count). The molecule has 0 bridgehead atoms. The van der Waals surface area contributed by atoms with E-state index in [1.807, 2.05) is 19.1 Å². The van der Waals surface area contributed by atoms with Crippen LogP contribution in [-0.2, 0) is 10.8 Å². The molecule has 0 aliphatic carbocycles. The van der Waals surface area contributed by atoms with Crippen LogP contribution in [0.25, 0.3) is 10.9 Å². The lowest BCUT2D eigenvalue weighted by molar-refractivity contribution is -0.383. The Balaban J connectivity index is 2.33. The predicted octanol–water partition coefficient (Wildman–Crippen LogP) is 2.63. The van der Waals surface area contributed by atoms with Crippen LogP contribution in [0.15, 0.2) is 24.3 Å². The number of nitro groups is 1. The monoisotopic (exact) mass is 307 g/mol. The molecule has 21 heavy (non-hydrogen) atoms. The van der Waals surface area contributed by atoms with Gasteiger partial charge in [0.05, 0.1) is 4.92 Å². The van der Waals surface area contributed by atoms with Crippen molar-refractivity contribution in [2.75, 3.05) is 23.9 Å². The summed E-state index contributed by atoms with van der Waals surface area (Å²) >= 11 is 0. The topological polar surface area (TPSA) is 85.1 Å². The molecule has 0 amide bonds. The molecule has 6 nitrogen and oxygen atoms in total. The van der Waals surface area contributed by atoms with Gasteiger partial charge in [0.15, 0.2) is 5.52 Å². The minimum absolute atomic E-state index is 0.00825. The average molecular weight is 307 g/mol. The third-order valence-electron chi connectivity index (χ3n) is 3.07. The number of nitrogens with one attached hydrogen (secondary N) is 1. The maximum atomic E-state index is 11.1. The van der Waals surface area contributed by atoms with Crippen molar-refractivity contribution in [2.45, 2.75) is 13.3 Å². The standard InChI is InChI=1S/C14H17N3O3S/c1-10-9-12(15-7-4-8-21(2)20)11-5-3-6-13(17(18)19)14(11)16-10/h3,5-6,9H,4,7-8H2,1-2H3,(H,15,16). The van der Waals surface area contributed by atoms with Crippen molar-refractivity contribution in [1.29, 1.82) is 0 Å². The summed E-state index contributed by atoms with van der Waals surface area (Å²) < 4.78 is 11.0. The van der Waals surface area contributed by atoms with Crippen molar-refractivity contribution in [1.82, 2.24) is 4.98 Å². The highest BCUT2D eigenvalue weighted by atomic mass is 32.2. The van der Waals surface area contributed by atoms with Crippen molar-refractivity contribution in [3.8, 4) is 0 Å². The number of non-ortho nitro benzene ring substituents is 1. The molecule has 0 aliphatic rings. The normalized spacial score (nSPS) is 12.3. The van der Waals surface area contributed by atoms with Gasteiger partial charge in [-0.2, -0.15) is 0 Å². The first-order valence-corrected chi connectivity index (χ1v) is 8.30. The highest BCUT2D eigenvalue weighted by molar-refractivity contribution is 7.84. The van der Waals surface area contributed by atoms with Crippen molar-refractivity contribution >= 4 is 33.1 Å². The second-order valence-electron chi connectivity index (χ2n) is 4.80. The van der Waals surface area contributed by atoms with E-state index in [0.717, 1.165) is 23.2 Å². The second-order valence-corrected chi connectivity index (χ2v) is 6.35. The summed E-state index contributed by atoms with van der Waals surface area (Å²) in [5, 5.41) is 15.1. The molecule has 1 aromatic heterocycles. The van der Waals surface area contributed by atoms with Gasteiger partial charge in [-0.1, -0.05) is 12.1 Å². The molecule has 0 fully saturated rings. The number of aromatic nitrogens is 1. The number of fused-ring (bicyclic) bond motifs is 1. The lowest BCUT2D eigenvalue weighted by atomic mass is 10.1. The Morgan fingerprint density at radius 3 is 2.86 bits per heavy atom. The van der Waals surface area contributed by atoms with Crippen molar-refractivity contribution < 1.29 is 9.13 Å². The maximum absolute atomic E-state index is 11.1. The molecule has 1 heterocycles. The van der Waals surface area contributed by atoms with Gasteiger partial charge >= 0.3 is 0 Å². The molecule has 0 saturated heterocycles. The quantitative estimate of drug-likeness (QED) is 0.504. The number of anilines is 1. The minimum Gasteiger partial charge on any atom is -0.384 e. The van der Waals surface area contributed by atoms with Crippen LogP contribution in [-0.4, -0.2) is 32.7 Å². The summed E-state index contributed by atoms with van der Waals surface area (Å²) in [6.45, 7) is 2.48. The predicted molar refractivity (Wildman–Crippen MR) is 85.2 cm³/mol. The van der Waals surface area contributed by atoms with Crippen LogP contribution in [0.2, 0.25) is 0 Å². The molecular formula is C14H17N3O3S. The largest absolute Gasteiger partial charge is 0.384 e. The van der Waals surface area contributed by atoms with E-state index in [-0.39, 0.29) is 5.69 Å². The Hall–Kier alpha value is -2.02. The third kappa shape index (κ3) is 3.75. The van der Waals surface area contributed by atoms with Crippen molar-refractivity contribution in [2.24, 2.45) is 0 Å². The number of aryl methyl sites for hydroxylation is 1. The van der Waals surface area contributed by atoms with Crippen LogP contribution in [0.5, 0.6) is 0 Å². The van der Waals surface area contributed by atoms with Crippen LogP contribution in [0.3, 0.4) is 0 Å². The molecule has 1 unspecified atom stereocenters. The lowest BCUT2D eigenvalue weighted by Gasteiger charge is -2.10. The van der Waals surface area contributed by atoms with E-state index in [0.29, 0.717) is 17.8 Å². The van der Waals surface area contributed by atoms with Crippen LogP contribution < -0.4 is 5.32 Å². The Morgan fingerprint density at radius 1 is 1.43 bits per heavy atom. The molecule has 2 aromatic rings. The number of nitro benzene ring substituents is 1. The molecule has 112 valence electrons. The van der Waals surface area contributed by atoms with Gasteiger partial charge in [-0.05, 0) is 19.4 Å². The molecule has 7 heteroatoms. The van der Waals surface area contributed by atoms with E-state index in [1.165, 1.54) is 6.07 Å². The van der Waals surface area contributed by atoms with E-state index < -0.39 is 15.7 Å².